The van der Waals surface area contributed by atoms with Gasteiger partial charge in [-0.15, -0.1) is 0 Å². The molecule has 1 unspecified atom stereocenters. The van der Waals surface area contributed by atoms with Crippen LogP contribution in [0.25, 0.3) is 0 Å². The highest BCUT2D eigenvalue weighted by molar-refractivity contribution is 7.85. The van der Waals surface area contributed by atoms with Gasteiger partial charge in [0.05, 0.1) is 4.90 Å². The molecule has 0 aliphatic heterocycles. The third-order valence-electron chi connectivity index (χ3n) is 4.28. The number of hydrogen-bond acceptors (Lipinski definition) is 2. The molecule has 1 aromatic carbocycles. The van der Waals surface area contributed by atoms with Crippen molar-refractivity contribution in [3.05, 3.63) is 29.8 Å². The maximum absolute atomic E-state index is 11.2. The average Bonchev–Trinajstić information content (AvgIpc) is 2.49. The quantitative estimate of drug-likeness (QED) is 0.427. The fraction of sp³-hybridized carbons (Fsp3) is 0.667. The lowest BCUT2D eigenvalue weighted by atomic mass is 9.91. The standard InChI is InChI=1S/C18H30O3S/c1-3-5-6-7-8-9-10-12-16(4-2)17-13-11-14-18(15-17)22(19,20)21/h11,13-16H,3-10,12H2,1-2H3,(H,19,20,21). The second-order valence-corrected chi connectivity index (χ2v) is 7.48. The van der Waals surface area contributed by atoms with E-state index in [-0.39, 0.29) is 4.90 Å². The Labute approximate surface area is 135 Å². The Kier molecular flexibility index (Phi) is 8.72. The van der Waals surface area contributed by atoms with Gasteiger partial charge in [0.2, 0.25) is 0 Å². The highest BCUT2D eigenvalue weighted by Gasteiger charge is 2.14. The molecule has 0 aromatic heterocycles. The summed E-state index contributed by atoms with van der Waals surface area (Å²) in [5.41, 5.74) is 1.02. The Bertz CT molecular complexity index is 523. The first-order valence-corrected chi connectivity index (χ1v) is 10.0. The molecule has 0 amide bonds. The third-order valence-corrected chi connectivity index (χ3v) is 5.13. The van der Waals surface area contributed by atoms with Gasteiger partial charge < -0.3 is 0 Å². The second-order valence-electron chi connectivity index (χ2n) is 6.06. The van der Waals surface area contributed by atoms with E-state index in [9.17, 15) is 8.42 Å². The van der Waals surface area contributed by atoms with E-state index >= 15 is 0 Å². The van der Waals surface area contributed by atoms with Crippen LogP contribution in [0, 0.1) is 0 Å². The summed E-state index contributed by atoms with van der Waals surface area (Å²) in [5.74, 6) is 0.373. The molecule has 1 atom stereocenters. The molecule has 0 bridgehead atoms. The van der Waals surface area contributed by atoms with Crippen LogP contribution < -0.4 is 0 Å². The zero-order chi connectivity index (χ0) is 16.4. The second kappa shape index (κ2) is 10.0. The smallest absolute Gasteiger partial charge is 0.282 e. The van der Waals surface area contributed by atoms with Crippen molar-refractivity contribution in [3.8, 4) is 0 Å². The molecule has 0 heterocycles. The van der Waals surface area contributed by atoms with Gasteiger partial charge >= 0.3 is 0 Å². The first kappa shape index (κ1) is 19.2. The van der Waals surface area contributed by atoms with E-state index in [1.165, 1.54) is 51.0 Å². The molecule has 0 aliphatic rings. The molecule has 22 heavy (non-hydrogen) atoms. The lowest BCUT2D eigenvalue weighted by molar-refractivity contribution is 0.482. The largest absolute Gasteiger partial charge is 0.294 e. The summed E-state index contributed by atoms with van der Waals surface area (Å²) in [5, 5.41) is 0. The van der Waals surface area contributed by atoms with E-state index in [2.05, 4.69) is 13.8 Å². The number of benzene rings is 1. The fourth-order valence-corrected chi connectivity index (χ4v) is 3.42. The van der Waals surface area contributed by atoms with Gasteiger partial charge in [-0.3, -0.25) is 4.55 Å². The Morgan fingerprint density at radius 2 is 1.64 bits per heavy atom. The Hall–Kier alpha value is -0.870. The zero-order valence-corrected chi connectivity index (χ0v) is 14.7. The highest BCUT2D eigenvalue weighted by atomic mass is 32.2. The SMILES string of the molecule is CCCCCCCCCC(CC)c1cccc(S(=O)(=O)O)c1. The predicted octanol–water partition coefficient (Wildman–Crippen LogP) is 5.57. The molecule has 1 aromatic rings. The number of rotatable bonds is 11. The van der Waals surface area contributed by atoms with Crippen molar-refractivity contribution in [1.82, 2.24) is 0 Å². The van der Waals surface area contributed by atoms with Crippen molar-refractivity contribution in [3.63, 3.8) is 0 Å². The molecule has 0 fully saturated rings. The summed E-state index contributed by atoms with van der Waals surface area (Å²) in [6.07, 6.45) is 11.1. The summed E-state index contributed by atoms with van der Waals surface area (Å²) < 4.78 is 31.6. The molecule has 0 saturated carbocycles. The maximum Gasteiger partial charge on any atom is 0.294 e. The zero-order valence-electron chi connectivity index (χ0n) is 13.9. The van der Waals surface area contributed by atoms with Crippen LogP contribution in [0.15, 0.2) is 29.2 Å². The van der Waals surface area contributed by atoms with E-state index in [1.807, 2.05) is 6.07 Å². The minimum atomic E-state index is -4.11. The van der Waals surface area contributed by atoms with Gasteiger partial charge in [0.1, 0.15) is 0 Å². The van der Waals surface area contributed by atoms with Gasteiger partial charge in [-0.2, -0.15) is 8.42 Å². The Balaban J connectivity index is 2.47. The molecule has 3 nitrogen and oxygen atoms in total. The van der Waals surface area contributed by atoms with Crippen LogP contribution in [0.3, 0.4) is 0 Å². The first-order chi connectivity index (χ1) is 10.5. The normalized spacial score (nSPS) is 13.2. The van der Waals surface area contributed by atoms with E-state index in [4.69, 9.17) is 4.55 Å². The highest BCUT2D eigenvalue weighted by Crippen LogP contribution is 2.27. The molecule has 0 spiro atoms. The van der Waals surface area contributed by atoms with E-state index < -0.39 is 10.1 Å². The van der Waals surface area contributed by atoms with Crippen LogP contribution in [-0.2, 0) is 10.1 Å². The summed E-state index contributed by atoms with van der Waals surface area (Å²) in [7, 11) is -4.11. The van der Waals surface area contributed by atoms with E-state index in [0.717, 1.165) is 18.4 Å². The Morgan fingerprint density at radius 1 is 1.00 bits per heavy atom. The maximum atomic E-state index is 11.2. The van der Waals surface area contributed by atoms with Crippen LogP contribution in [0.5, 0.6) is 0 Å². The van der Waals surface area contributed by atoms with Crippen LogP contribution >= 0.6 is 0 Å². The van der Waals surface area contributed by atoms with Gasteiger partial charge in [-0.25, -0.2) is 0 Å². The Morgan fingerprint density at radius 3 is 2.23 bits per heavy atom. The van der Waals surface area contributed by atoms with Crippen LogP contribution in [0.2, 0.25) is 0 Å². The predicted molar refractivity (Wildman–Crippen MR) is 91.9 cm³/mol. The van der Waals surface area contributed by atoms with E-state index in [0.29, 0.717) is 5.92 Å². The summed E-state index contributed by atoms with van der Waals surface area (Å²) in [6.45, 7) is 4.36. The molecular weight excluding hydrogens is 296 g/mol. The van der Waals surface area contributed by atoms with Crippen molar-refractivity contribution in [2.45, 2.75) is 82.4 Å². The van der Waals surface area contributed by atoms with Crippen LogP contribution in [0.1, 0.15) is 83.1 Å². The van der Waals surface area contributed by atoms with Crippen molar-refractivity contribution >= 4 is 10.1 Å². The summed E-state index contributed by atoms with van der Waals surface area (Å²) in [6, 6.07) is 6.74. The fourth-order valence-electron chi connectivity index (χ4n) is 2.88. The van der Waals surface area contributed by atoms with Crippen LogP contribution in [-0.4, -0.2) is 13.0 Å². The van der Waals surface area contributed by atoms with Crippen LogP contribution in [0.4, 0.5) is 0 Å². The summed E-state index contributed by atoms with van der Waals surface area (Å²) in [4.78, 5) is 0.00279. The molecule has 0 saturated heterocycles. The molecule has 4 heteroatoms. The molecule has 0 radical (unpaired) electrons. The third kappa shape index (κ3) is 6.93. The number of unbranched alkanes of at least 4 members (excludes halogenated alkanes) is 6. The van der Waals surface area contributed by atoms with Gasteiger partial charge in [-0.05, 0) is 36.5 Å². The molecular formula is C18H30O3S. The van der Waals surface area contributed by atoms with E-state index in [1.54, 1.807) is 12.1 Å². The summed E-state index contributed by atoms with van der Waals surface area (Å²) >= 11 is 0. The van der Waals surface area contributed by atoms with Gasteiger partial charge in [0, 0.05) is 0 Å². The molecule has 126 valence electrons. The molecule has 0 aliphatic carbocycles. The number of hydrogen-bond donors (Lipinski definition) is 1. The van der Waals surface area contributed by atoms with Gasteiger partial charge in [0.15, 0.2) is 0 Å². The monoisotopic (exact) mass is 326 g/mol. The van der Waals surface area contributed by atoms with Crippen molar-refractivity contribution in [2.75, 3.05) is 0 Å². The van der Waals surface area contributed by atoms with Crippen molar-refractivity contribution in [1.29, 1.82) is 0 Å². The van der Waals surface area contributed by atoms with Crippen molar-refractivity contribution in [2.24, 2.45) is 0 Å². The van der Waals surface area contributed by atoms with Crippen molar-refractivity contribution < 1.29 is 13.0 Å². The molecule has 1 rings (SSSR count). The first-order valence-electron chi connectivity index (χ1n) is 8.56. The van der Waals surface area contributed by atoms with Gasteiger partial charge in [-0.1, -0.05) is 70.9 Å². The molecule has 1 N–H and O–H groups in total. The lowest BCUT2D eigenvalue weighted by Gasteiger charge is -2.16. The average molecular weight is 327 g/mol. The minimum absolute atomic E-state index is 0.00279. The topological polar surface area (TPSA) is 54.4 Å². The lowest BCUT2D eigenvalue weighted by Crippen LogP contribution is -2.02. The van der Waals surface area contributed by atoms with Gasteiger partial charge in [0.25, 0.3) is 10.1 Å². The minimum Gasteiger partial charge on any atom is -0.282 e.